The second-order valence-electron chi connectivity index (χ2n) is 7.61. The van der Waals surface area contributed by atoms with Crippen LogP contribution in [0.3, 0.4) is 0 Å². The molecule has 1 aliphatic heterocycles. The van der Waals surface area contributed by atoms with Crippen molar-refractivity contribution in [3.8, 4) is 5.69 Å². The number of anilines is 1. The predicted molar refractivity (Wildman–Crippen MR) is 127 cm³/mol. The Morgan fingerprint density at radius 3 is 2.61 bits per heavy atom. The normalized spacial score (nSPS) is 17.7. The van der Waals surface area contributed by atoms with Gasteiger partial charge in [0, 0.05) is 23.8 Å². The number of hydrogen-bond acceptors (Lipinski definition) is 3. The summed E-state index contributed by atoms with van der Waals surface area (Å²) in [6.07, 6.45) is 3.56. The number of hydrogen-bond donors (Lipinski definition) is 2. The van der Waals surface area contributed by atoms with Crippen molar-refractivity contribution in [1.29, 1.82) is 0 Å². The maximum Gasteiger partial charge on any atom is 0.335 e. The quantitative estimate of drug-likeness (QED) is 0.415. The number of thiocarbonyl (C=S) groups is 1. The summed E-state index contributed by atoms with van der Waals surface area (Å²) in [5.41, 5.74) is 2.78. The molecule has 4 aromatic rings. The third-order valence-electron chi connectivity index (χ3n) is 5.66. The molecule has 1 fully saturated rings. The highest BCUT2D eigenvalue weighted by molar-refractivity contribution is 7.80. The largest absolute Gasteiger partial charge is 0.478 e. The zero-order chi connectivity index (χ0) is 22.9. The Labute approximate surface area is 194 Å². The van der Waals surface area contributed by atoms with Crippen LogP contribution in [0.1, 0.15) is 33.8 Å². The van der Waals surface area contributed by atoms with Crippen LogP contribution in [-0.4, -0.2) is 25.7 Å². The van der Waals surface area contributed by atoms with Crippen LogP contribution in [0, 0.1) is 5.82 Å². The van der Waals surface area contributed by atoms with Crippen LogP contribution < -0.4 is 10.2 Å². The third kappa shape index (κ3) is 3.74. The molecule has 3 heterocycles. The number of aromatic carboxylic acids is 1. The number of halogens is 1. The number of carboxylic acid groups (broad SMARTS) is 1. The van der Waals surface area contributed by atoms with E-state index in [-0.39, 0.29) is 17.4 Å². The van der Waals surface area contributed by atoms with Gasteiger partial charge in [0.2, 0.25) is 0 Å². The number of benzene rings is 2. The van der Waals surface area contributed by atoms with Crippen molar-refractivity contribution >= 4 is 29.0 Å². The van der Waals surface area contributed by atoms with E-state index in [1.807, 2.05) is 47.2 Å². The Bertz CT molecular complexity index is 1340. The molecule has 2 N–H and O–H groups in total. The number of rotatable bonds is 5. The lowest BCUT2D eigenvalue weighted by atomic mass is 10.0. The summed E-state index contributed by atoms with van der Waals surface area (Å²) in [5, 5.41) is 13.1. The summed E-state index contributed by atoms with van der Waals surface area (Å²) in [6.45, 7) is 0. The van der Waals surface area contributed by atoms with Crippen molar-refractivity contribution in [1.82, 2.24) is 14.9 Å². The van der Waals surface area contributed by atoms with Crippen molar-refractivity contribution in [2.24, 2.45) is 0 Å². The molecular weight excluding hydrogens is 439 g/mol. The van der Waals surface area contributed by atoms with Crippen LogP contribution in [0.2, 0.25) is 0 Å². The van der Waals surface area contributed by atoms with E-state index in [0.29, 0.717) is 16.5 Å². The van der Waals surface area contributed by atoms with Gasteiger partial charge in [-0.15, -0.1) is 0 Å². The molecule has 0 radical (unpaired) electrons. The lowest BCUT2D eigenvalue weighted by molar-refractivity contribution is 0.0697. The summed E-state index contributed by atoms with van der Waals surface area (Å²) >= 11 is 5.66. The average Bonchev–Trinajstić information content (AvgIpc) is 3.44. The van der Waals surface area contributed by atoms with Gasteiger partial charge in [0.05, 0.1) is 23.0 Å². The first-order valence-corrected chi connectivity index (χ1v) is 10.7. The highest BCUT2D eigenvalue weighted by atomic mass is 32.1. The fourth-order valence-corrected chi connectivity index (χ4v) is 4.56. The van der Waals surface area contributed by atoms with Gasteiger partial charge < -0.3 is 19.9 Å². The van der Waals surface area contributed by atoms with Crippen LogP contribution in [0.15, 0.2) is 91.3 Å². The first-order chi connectivity index (χ1) is 16.0. The Balaban J connectivity index is 1.68. The monoisotopic (exact) mass is 458 g/mol. The molecule has 1 saturated heterocycles. The van der Waals surface area contributed by atoms with Crippen molar-refractivity contribution in [2.45, 2.75) is 12.1 Å². The van der Waals surface area contributed by atoms with Crippen molar-refractivity contribution < 1.29 is 14.3 Å². The van der Waals surface area contributed by atoms with Gasteiger partial charge in [-0.3, -0.25) is 4.98 Å². The molecule has 2 aromatic heterocycles. The summed E-state index contributed by atoms with van der Waals surface area (Å²) in [5.74, 6) is -1.40. The van der Waals surface area contributed by atoms with E-state index in [4.69, 9.17) is 12.2 Å². The zero-order valence-corrected chi connectivity index (χ0v) is 18.1. The molecular formula is C25H19FN4O2S. The Hall–Kier alpha value is -4.04. The lowest BCUT2D eigenvalue weighted by Gasteiger charge is -2.29. The number of pyridine rings is 1. The molecule has 0 unspecified atom stereocenters. The maximum atomic E-state index is 14.9. The van der Waals surface area contributed by atoms with Gasteiger partial charge in [-0.25, -0.2) is 9.18 Å². The molecule has 1 aliphatic rings. The minimum atomic E-state index is -1.01. The summed E-state index contributed by atoms with van der Waals surface area (Å²) in [4.78, 5) is 17.8. The maximum absolute atomic E-state index is 14.9. The summed E-state index contributed by atoms with van der Waals surface area (Å²) < 4.78 is 16.8. The molecule has 8 heteroatoms. The van der Waals surface area contributed by atoms with E-state index < -0.39 is 12.0 Å². The highest BCUT2D eigenvalue weighted by Crippen LogP contribution is 2.42. The fraction of sp³-hybridized carbons (Fsp3) is 0.0800. The van der Waals surface area contributed by atoms with Gasteiger partial charge in [0.15, 0.2) is 5.11 Å². The molecule has 0 saturated carbocycles. The first kappa shape index (κ1) is 20.8. The minimum absolute atomic E-state index is 0.180. The topological polar surface area (TPSA) is 70.4 Å². The van der Waals surface area contributed by atoms with Crippen molar-refractivity contribution in [2.75, 3.05) is 4.90 Å². The standard InChI is InChI=1S/C25H19FN4O2S/c26-18-9-1-2-11-20(18)30-23(22(28-25(30)33)19-10-3-4-13-27-19)21-12-6-14-29(21)17-8-5-7-16(15-17)24(31)32/h1-15,22-23H,(H,28,33)(H,31,32)/t22-,23+/m1/s1. The molecule has 0 aliphatic carbocycles. The van der Waals surface area contributed by atoms with Crippen molar-refractivity contribution in [3.05, 3.63) is 114 Å². The van der Waals surface area contributed by atoms with Gasteiger partial charge in [-0.2, -0.15) is 0 Å². The fourth-order valence-electron chi connectivity index (χ4n) is 4.22. The Morgan fingerprint density at radius 2 is 1.85 bits per heavy atom. The second kappa shape index (κ2) is 8.48. The number of aromatic nitrogens is 2. The van der Waals surface area contributed by atoms with Crippen LogP contribution in [0.25, 0.3) is 5.69 Å². The van der Waals surface area contributed by atoms with Crippen molar-refractivity contribution in [3.63, 3.8) is 0 Å². The number of carbonyl (C=O) groups is 1. The number of nitrogens with one attached hydrogen (secondary N) is 1. The Kier molecular flexibility index (Phi) is 5.35. The van der Waals surface area contributed by atoms with Crippen LogP contribution in [0.5, 0.6) is 0 Å². The first-order valence-electron chi connectivity index (χ1n) is 10.3. The smallest absolute Gasteiger partial charge is 0.335 e. The summed E-state index contributed by atoms with van der Waals surface area (Å²) in [7, 11) is 0. The number of para-hydroxylation sites is 1. The van der Waals surface area contributed by atoms with E-state index in [1.165, 1.54) is 6.07 Å². The molecule has 0 amide bonds. The van der Waals surface area contributed by atoms with E-state index in [2.05, 4.69) is 10.3 Å². The van der Waals surface area contributed by atoms with E-state index >= 15 is 0 Å². The van der Waals surface area contributed by atoms with Gasteiger partial charge in [-0.05, 0) is 66.8 Å². The molecule has 6 nitrogen and oxygen atoms in total. The van der Waals surface area contributed by atoms with Gasteiger partial charge in [-0.1, -0.05) is 24.3 Å². The number of carboxylic acids is 1. The molecule has 33 heavy (non-hydrogen) atoms. The van der Waals surface area contributed by atoms with Gasteiger partial charge >= 0.3 is 5.97 Å². The molecule has 5 rings (SSSR count). The Morgan fingerprint density at radius 1 is 1.03 bits per heavy atom. The van der Waals surface area contributed by atoms with E-state index in [9.17, 15) is 14.3 Å². The van der Waals surface area contributed by atoms with Gasteiger partial charge in [0.25, 0.3) is 0 Å². The molecule has 0 bridgehead atoms. The number of nitrogens with zero attached hydrogens (tertiary/aromatic N) is 3. The predicted octanol–water partition coefficient (Wildman–Crippen LogP) is 4.89. The SMILES string of the molecule is O=C(O)c1cccc(-n2cccc2[C@H]2[C@@H](c3ccccn3)NC(=S)N2c2ccccc2F)c1. The summed E-state index contributed by atoms with van der Waals surface area (Å²) in [6, 6.07) is 21.8. The van der Waals surface area contributed by atoms with E-state index in [0.717, 1.165) is 11.4 Å². The molecule has 2 atom stereocenters. The second-order valence-corrected chi connectivity index (χ2v) is 7.99. The molecule has 164 valence electrons. The average molecular weight is 459 g/mol. The minimum Gasteiger partial charge on any atom is -0.478 e. The lowest BCUT2D eigenvalue weighted by Crippen LogP contribution is -2.31. The van der Waals surface area contributed by atoms with E-state index in [1.54, 1.807) is 47.5 Å². The molecule has 2 aromatic carbocycles. The van der Waals surface area contributed by atoms with Crippen LogP contribution in [-0.2, 0) is 0 Å². The zero-order valence-electron chi connectivity index (χ0n) is 17.3. The van der Waals surface area contributed by atoms with Gasteiger partial charge in [0.1, 0.15) is 11.9 Å². The third-order valence-corrected chi connectivity index (χ3v) is 5.98. The highest BCUT2D eigenvalue weighted by Gasteiger charge is 2.43. The van der Waals surface area contributed by atoms with Crippen LogP contribution >= 0.6 is 12.2 Å². The van der Waals surface area contributed by atoms with Crippen LogP contribution in [0.4, 0.5) is 10.1 Å². The molecule has 0 spiro atoms.